The predicted molar refractivity (Wildman–Crippen MR) is 77.8 cm³/mol. The van der Waals surface area contributed by atoms with Gasteiger partial charge in [0, 0.05) is 17.8 Å². The van der Waals surface area contributed by atoms with Crippen molar-refractivity contribution in [2.24, 2.45) is 0 Å². The fourth-order valence-electron chi connectivity index (χ4n) is 2.41. The molecule has 1 aromatic heterocycles. The summed E-state index contributed by atoms with van der Waals surface area (Å²) in [6.45, 7) is 4.03. The third-order valence-electron chi connectivity index (χ3n) is 3.32. The van der Waals surface area contributed by atoms with E-state index < -0.39 is 0 Å². The zero-order chi connectivity index (χ0) is 14.1. The number of carbonyl (C=O) groups excluding carboxylic acids is 1. The van der Waals surface area contributed by atoms with Crippen molar-refractivity contribution in [1.82, 2.24) is 4.98 Å². The number of amides is 1. The molecule has 0 saturated heterocycles. The first-order valence-electron chi connectivity index (χ1n) is 6.67. The molecule has 0 atom stereocenters. The smallest absolute Gasteiger partial charge is 0.265 e. The van der Waals surface area contributed by atoms with Crippen molar-refractivity contribution in [3.63, 3.8) is 0 Å². The van der Waals surface area contributed by atoms with Crippen molar-refractivity contribution in [2.75, 3.05) is 11.5 Å². The Kier molecular flexibility index (Phi) is 3.14. The maximum absolute atomic E-state index is 12.0. The quantitative estimate of drug-likeness (QED) is 0.841. The number of carbonyl (C=O) groups is 1. The molecule has 0 radical (unpaired) electrons. The topological polar surface area (TPSA) is 42.4 Å². The Morgan fingerprint density at radius 2 is 1.95 bits per heavy atom. The Hall–Kier alpha value is -2.36. The van der Waals surface area contributed by atoms with Crippen LogP contribution in [0.3, 0.4) is 0 Å². The first-order valence-corrected chi connectivity index (χ1v) is 6.67. The minimum absolute atomic E-state index is 0.0282. The van der Waals surface area contributed by atoms with Crippen molar-refractivity contribution >= 4 is 11.6 Å². The van der Waals surface area contributed by atoms with E-state index in [1.54, 1.807) is 11.1 Å². The van der Waals surface area contributed by atoms with Crippen molar-refractivity contribution < 1.29 is 9.53 Å². The van der Waals surface area contributed by atoms with Crippen molar-refractivity contribution in [3.8, 4) is 17.0 Å². The SMILES string of the molecule is CC(C)N1C(=O)COc2ncc(-c3ccccc3)cc21. The molecule has 0 unspecified atom stereocenters. The van der Waals surface area contributed by atoms with Crippen molar-refractivity contribution in [2.45, 2.75) is 19.9 Å². The number of hydrogen-bond acceptors (Lipinski definition) is 3. The first kappa shape index (κ1) is 12.7. The number of hydrogen-bond donors (Lipinski definition) is 0. The molecule has 0 N–H and O–H groups in total. The third kappa shape index (κ3) is 2.13. The van der Waals surface area contributed by atoms with Gasteiger partial charge in [-0.15, -0.1) is 0 Å². The van der Waals surface area contributed by atoms with Crippen LogP contribution in [-0.4, -0.2) is 23.5 Å². The van der Waals surface area contributed by atoms with Gasteiger partial charge in [0.1, 0.15) is 5.69 Å². The van der Waals surface area contributed by atoms with Gasteiger partial charge in [-0.3, -0.25) is 4.79 Å². The fourth-order valence-corrected chi connectivity index (χ4v) is 2.41. The summed E-state index contributed by atoms with van der Waals surface area (Å²) >= 11 is 0. The molecule has 0 aliphatic carbocycles. The van der Waals surface area contributed by atoms with Gasteiger partial charge in [0.25, 0.3) is 5.91 Å². The summed E-state index contributed by atoms with van der Waals surface area (Å²) in [6.07, 6.45) is 1.78. The summed E-state index contributed by atoms with van der Waals surface area (Å²) in [5, 5.41) is 0. The second-order valence-electron chi connectivity index (χ2n) is 5.06. The second-order valence-corrected chi connectivity index (χ2v) is 5.06. The lowest BCUT2D eigenvalue weighted by molar-refractivity contribution is -0.121. The highest BCUT2D eigenvalue weighted by atomic mass is 16.5. The van der Waals surface area contributed by atoms with Gasteiger partial charge in [0.05, 0.1) is 0 Å². The normalized spacial score (nSPS) is 14.2. The maximum atomic E-state index is 12.0. The highest BCUT2D eigenvalue weighted by Gasteiger charge is 2.28. The Morgan fingerprint density at radius 1 is 1.20 bits per heavy atom. The third-order valence-corrected chi connectivity index (χ3v) is 3.32. The molecule has 2 aromatic rings. The van der Waals surface area contributed by atoms with Crippen molar-refractivity contribution in [1.29, 1.82) is 0 Å². The summed E-state index contributed by atoms with van der Waals surface area (Å²) in [5.74, 6) is 0.498. The molecule has 0 spiro atoms. The Balaban J connectivity index is 2.09. The number of aromatic nitrogens is 1. The van der Waals surface area contributed by atoms with Crippen LogP contribution >= 0.6 is 0 Å². The van der Waals surface area contributed by atoms with Gasteiger partial charge in [-0.05, 0) is 25.5 Å². The molecular weight excluding hydrogens is 252 g/mol. The van der Waals surface area contributed by atoms with Crippen LogP contribution < -0.4 is 9.64 Å². The lowest BCUT2D eigenvalue weighted by Gasteiger charge is -2.31. The summed E-state index contributed by atoms with van der Waals surface area (Å²) in [5.41, 5.74) is 2.80. The number of nitrogens with zero attached hydrogens (tertiary/aromatic N) is 2. The largest absolute Gasteiger partial charge is 0.466 e. The highest BCUT2D eigenvalue weighted by molar-refractivity contribution is 5.98. The minimum Gasteiger partial charge on any atom is -0.466 e. The lowest BCUT2D eigenvalue weighted by Crippen LogP contribution is -2.43. The van der Waals surface area contributed by atoms with Gasteiger partial charge in [0.15, 0.2) is 6.61 Å². The molecule has 4 heteroatoms. The lowest BCUT2D eigenvalue weighted by atomic mass is 10.1. The maximum Gasteiger partial charge on any atom is 0.265 e. The Labute approximate surface area is 118 Å². The molecule has 0 bridgehead atoms. The van der Waals surface area contributed by atoms with Gasteiger partial charge < -0.3 is 9.64 Å². The molecule has 102 valence electrons. The van der Waals surface area contributed by atoms with Crippen LogP contribution in [0.1, 0.15) is 13.8 Å². The molecule has 1 amide bonds. The van der Waals surface area contributed by atoms with Gasteiger partial charge in [-0.2, -0.15) is 0 Å². The second kappa shape index (κ2) is 4.96. The number of benzene rings is 1. The van der Waals surface area contributed by atoms with Crippen LogP contribution in [0.4, 0.5) is 5.69 Å². The predicted octanol–water partition coefficient (Wildman–Crippen LogP) is 2.88. The van der Waals surface area contributed by atoms with Crippen LogP contribution in [0.5, 0.6) is 5.88 Å². The molecule has 1 aromatic carbocycles. The van der Waals surface area contributed by atoms with E-state index in [-0.39, 0.29) is 18.6 Å². The standard InChI is InChI=1S/C16H16N2O2/c1-11(2)18-14-8-13(12-6-4-3-5-7-12)9-17-16(14)20-10-15(18)19/h3-9,11H,10H2,1-2H3. The zero-order valence-electron chi connectivity index (χ0n) is 11.5. The monoisotopic (exact) mass is 268 g/mol. The Morgan fingerprint density at radius 3 is 2.65 bits per heavy atom. The molecule has 3 rings (SSSR count). The van der Waals surface area contributed by atoms with E-state index in [1.165, 1.54) is 0 Å². The molecular formula is C16H16N2O2. The van der Waals surface area contributed by atoms with Crippen LogP contribution in [0.15, 0.2) is 42.6 Å². The molecule has 4 nitrogen and oxygen atoms in total. The number of pyridine rings is 1. The Bertz CT molecular complexity index is 638. The molecule has 2 heterocycles. The summed E-state index contributed by atoms with van der Waals surface area (Å²) in [6, 6.07) is 12.0. The number of ether oxygens (including phenoxy) is 1. The van der Waals surface area contributed by atoms with E-state index in [0.717, 1.165) is 16.8 Å². The van der Waals surface area contributed by atoms with Crippen LogP contribution in [0, 0.1) is 0 Å². The molecule has 1 aliphatic rings. The van der Waals surface area contributed by atoms with Crippen LogP contribution in [-0.2, 0) is 4.79 Å². The van der Waals surface area contributed by atoms with Gasteiger partial charge in [-0.1, -0.05) is 30.3 Å². The molecule has 20 heavy (non-hydrogen) atoms. The average molecular weight is 268 g/mol. The van der Waals surface area contributed by atoms with E-state index in [0.29, 0.717) is 5.88 Å². The van der Waals surface area contributed by atoms with Gasteiger partial charge in [0.2, 0.25) is 5.88 Å². The number of anilines is 1. The van der Waals surface area contributed by atoms with E-state index in [4.69, 9.17) is 4.74 Å². The average Bonchev–Trinajstić information content (AvgIpc) is 2.47. The van der Waals surface area contributed by atoms with E-state index in [2.05, 4.69) is 4.98 Å². The van der Waals surface area contributed by atoms with Gasteiger partial charge >= 0.3 is 0 Å². The number of fused-ring (bicyclic) bond motifs is 1. The summed E-state index contributed by atoms with van der Waals surface area (Å²) in [4.78, 5) is 18.1. The van der Waals surface area contributed by atoms with E-state index >= 15 is 0 Å². The number of rotatable bonds is 2. The van der Waals surface area contributed by atoms with Crippen LogP contribution in [0.2, 0.25) is 0 Å². The fraction of sp³-hybridized carbons (Fsp3) is 0.250. The van der Waals surface area contributed by atoms with E-state index in [1.807, 2.05) is 50.2 Å². The molecule has 0 saturated carbocycles. The summed E-state index contributed by atoms with van der Waals surface area (Å²) < 4.78 is 5.40. The minimum atomic E-state index is -0.0282. The first-order chi connectivity index (χ1) is 9.66. The summed E-state index contributed by atoms with van der Waals surface area (Å²) in [7, 11) is 0. The highest BCUT2D eigenvalue weighted by Crippen LogP contribution is 2.34. The molecule has 1 aliphatic heterocycles. The molecule has 0 fully saturated rings. The van der Waals surface area contributed by atoms with Crippen LogP contribution in [0.25, 0.3) is 11.1 Å². The zero-order valence-corrected chi connectivity index (χ0v) is 11.5. The van der Waals surface area contributed by atoms with E-state index in [9.17, 15) is 4.79 Å². The van der Waals surface area contributed by atoms with Crippen molar-refractivity contribution in [3.05, 3.63) is 42.6 Å². The van der Waals surface area contributed by atoms with Gasteiger partial charge in [-0.25, -0.2) is 4.98 Å².